The molecule has 11 rings (SSSR count). The molecule has 0 fully saturated rings. The SMILES string of the molecule is Cc1cccc(C)c1N1c2cc3c(cc2B2c4cc5c(cc4N(c4ccc(C(C)(C)C)cc4)c4cc(C(C)(C)C)cc1c42)C(C)(C)CCC5(C)C)c1cc(C(C)(C)C)ccc1n3-c1ccccc1. The average molecular weight is 892 g/mol. The zero-order valence-electron chi connectivity index (χ0n) is 43.5. The van der Waals surface area contributed by atoms with Crippen molar-refractivity contribution in [3.8, 4) is 5.69 Å². The van der Waals surface area contributed by atoms with Crippen molar-refractivity contribution in [2.75, 3.05) is 9.80 Å². The van der Waals surface area contributed by atoms with Crippen LogP contribution in [0.3, 0.4) is 0 Å². The fraction of sp³-hybridized carbons (Fsp3) is 0.344. The smallest absolute Gasteiger partial charge is 0.252 e. The second kappa shape index (κ2) is 14.8. The Hall–Kier alpha value is -6.00. The van der Waals surface area contributed by atoms with E-state index in [1.165, 1.54) is 117 Å². The summed E-state index contributed by atoms with van der Waals surface area (Å²) in [6, 6.07) is 50.2. The number of benzene rings is 7. The molecule has 344 valence electrons. The van der Waals surface area contributed by atoms with E-state index in [1.807, 2.05) is 0 Å². The first kappa shape index (κ1) is 44.5. The second-order valence-corrected chi connectivity index (χ2v) is 25.1. The summed E-state index contributed by atoms with van der Waals surface area (Å²) >= 11 is 0. The Morgan fingerprint density at radius 3 is 1.57 bits per heavy atom. The third kappa shape index (κ3) is 6.74. The average Bonchev–Trinajstić information content (AvgIpc) is 3.59. The third-order valence-electron chi connectivity index (χ3n) is 16.3. The zero-order chi connectivity index (χ0) is 48.2. The molecule has 1 aliphatic carbocycles. The molecule has 0 unspecified atom stereocenters. The summed E-state index contributed by atoms with van der Waals surface area (Å²) in [6.07, 6.45) is 2.33. The molecule has 0 N–H and O–H groups in total. The molecule has 1 aromatic heterocycles. The molecule has 0 amide bonds. The van der Waals surface area contributed by atoms with Gasteiger partial charge in [-0.1, -0.05) is 157 Å². The van der Waals surface area contributed by atoms with Crippen molar-refractivity contribution < 1.29 is 0 Å². The van der Waals surface area contributed by atoms with Crippen LogP contribution >= 0.6 is 0 Å². The van der Waals surface area contributed by atoms with Gasteiger partial charge < -0.3 is 14.4 Å². The monoisotopic (exact) mass is 892 g/mol. The van der Waals surface area contributed by atoms with Gasteiger partial charge in [0.25, 0.3) is 6.71 Å². The third-order valence-corrected chi connectivity index (χ3v) is 16.3. The molecular weight excluding hydrogens is 822 g/mol. The van der Waals surface area contributed by atoms with Gasteiger partial charge in [-0.3, -0.25) is 0 Å². The van der Waals surface area contributed by atoms with E-state index in [2.05, 4.69) is 246 Å². The maximum atomic E-state index is 2.69. The number of aromatic nitrogens is 1. The van der Waals surface area contributed by atoms with Crippen LogP contribution < -0.4 is 26.2 Å². The quantitative estimate of drug-likeness (QED) is 0.164. The van der Waals surface area contributed by atoms with Crippen LogP contribution in [0.2, 0.25) is 0 Å². The molecule has 0 saturated heterocycles. The second-order valence-electron chi connectivity index (χ2n) is 25.1. The van der Waals surface area contributed by atoms with Gasteiger partial charge in [0.05, 0.1) is 16.7 Å². The topological polar surface area (TPSA) is 11.4 Å². The Balaban J connectivity index is 1.34. The van der Waals surface area contributed by atoms with Gasteiger partial charge in [-0.25, -0.2) is 0 Å². The molecule has 3 heterocycles. The highest BCUT2D eigenvalue weighted by atomic mass is 15.2. The van der Waals surface area contributed by atoms with Gasteiger partial charge in [0.1, 0.15) is 0 Å². The highest BCUT2D eigenvalue weighted by Gasteiger charge is 2.47. The fourth-order valence-electron chi connectivity index (χ4n) is 12.1. The summed E-state index contributed by atoms with van der Waals surface area (Å²) in [7, 11) is 0. The predicted octanol–water partition coefficient (Wildman–Crippen LogP) is 15.7. The van der Waals surface area contributed by atoms with Gasteiger partial charge in [-0.2, -0.15) is 0 Å². The maximum Gasteiger partial charge on any atom is 0.252 e. The predicted molar refractivity (Wildman–Crippen MR) is 296 cm³/mol. The molecule has 0 radical (unpaired) electrons. The van der Waals surface area contributed by atoms with E-state index in [0.29, 0.717) is 0 Å². The lowest BCUT2D eigenvalue weighted by Crippen LogP contribution is -2.62. The number of hydrogen-bond donors (Lipinski definition) is 0. The normalized spacial score (nSPS) is 16.2. The van der Waals surface area contributed by atoms with Gasteiger partial charge in [-0.15, -0.1) is 0 Å². The Kier molecular flexibility index (Phi) is 9.66. The van der Waals surface area contributed by atoms with Crippen LogP contribution in [0, 0.1) is 13.8 Å². The summed E-state index contributed by atoms with van der Waals surface area (Å²) in [5, 5.41) is 2.60. The van der Waals surface area contributed by atoms with Crippen molar-refractivity contribution in [2.24, 2.45) is 0 Å². The number of fused-ring (bicyclic) bond motifs is 8. The van der Waals surface area contributed by atoms with Gasteiger partial charge >= 0.3 is 0 Å². The van der Waals surface area contributed by atoms with Crippen molar-refractivity contribution in [3.63, 3.8) is 0 Å². The van der Waals surface area contributed by atoms with Crippen LogP contribution in [0.15, 0.2) is 127 Å². The van der Waals surface area contributed by atoms with E-state index < -0.39 is 0 Å². The van der Waals surface area contributed by atoms with Crippen molar-refractivity contribution in [1.29, 1.82) is 0 Å². The Labute approximate surface area is 407 Å². The van der Waals surface area contributed by atoms with Gasteiger partial charge in [0.15, 0.2) is 0 Å². The van der Waals surface area contributed by atoms with E-state index in [0.717, 1.165) is 12.8 Å². The van der Waals surface area contributed by atoms with Gasteiger partial charge in [0, 0.05) is 44.9 Å². The van der Waals surface area contributed by atoms with Gasteiger partial charge in [-0.05, 0) is 170 Å². The molecular formula is C64H70BN3. The van der Waals surface area contributed by atoms with E-state index >= 15 is 0 Å². The summed E-state index contributed by atoms with van der Waals surface area (Å²) in [5.41, 5.74) is 24.9. The molecule has 4 heteroatoms. The molecule has 3 nitrogen and oxygen atoms in total. The van der Waals surface area contributed by atoms with Crippen molar-refractivity contribution in [2.45, 2.75) is 144 Å². The summed E-state index contributed by atoms with van der Waals surface area (Å²) in [5.74, 6) is 0. The lowest BCUT2D eigenvalue weighted by atomic mass is 9.33. The van der Waals surface area contributed by atoms with Crippen molar-refractivity contribution in [1.82, 2.24) is 4.57 Å². The molecule has 2 aliphatic heterocycles. The lowest BCUT2D eigenvalue weighted by Gasteiger charge is -2.48. The highest BCUT2D eigenvalue weighted by Crippen LogP contribution is 2.52. The van der Waals surface area contributed by atoms with E-state index in [1.54, 1.807) is 0 Å². The van der Waals surface area contributed by atoms with E-state index in [-0.39, 0.29) is 33.8 Å². The summed E-state index contributed by atoms with van der Waals surface area (Å²) in [6.45, 7) is 35.6. The van der Waals surface area contributed by atoms with Crippen molar-refractivity contribution >= 4 is 79.0 Å². The number of aryl methyl sites for hydroxylation is 2. The minimum Gasteiger partial charge on any atom is -0.311 e. The molecule has 0 spiro atoms. The Morgan fingerprint density at radius 1 is 0.441 bits per heavy atom. The van der Waals surface area contributed by atoms with Crippen LogP contribution in [-0.4, -0.2) is 11.3 Å². The van der Waals surface area contributed by atoms with E-state index in [9.17, 15) is 0 Å². The number of hydrogen-bond acceptors (Lipinski definition) is 2. The van der Waals surface area contributed by atoms with Crippen LogP contribution in [-0.2, 0) is 27.1 Å². The number of para-hydroxylation sites is 2. The Morgan fingerprint density at radius 2 is 0.971 bits per heavy atom. The molecule has 0 atom stereocenters. The lowest BCUT2D eigenvalue weighted by molar-refractivity contribution is 0.332. The summed E-state index contributed by atoms with van der Waals surface area (Å²) < 4.78 is 2.52. The molecule has 0 bridgehead atoms. The van der Waals surface area contributed by atoms with Crippen LogP contribution in [0.25, 0.3) is 27.5 Å². The fourth-order valence-corrected chi connectivity index (χ4v) is 12.1. The minimum absolute atomic E-state index is 0.00212. The standard InChI is InChI=1S/C64H70BN3/c1-39-20-19-21-40(2)59(39)68-55-38-53-47(46-32-42(61(6,7)8)26-29-52(46)66(53)44-22-17-16-18-23-44)35-50(55)65-51-36-48-49(64(14,15)31-30-63(48,12)13)37-54(51)67(45-27-24-41(25-28-45)60(3,4)5)56-33-43(62(9,10)11)34-57(68)58(56)65/h16-29,32-38H,30-31H2,1-15H3. The molecule has 3 aliphatic rings. The van der Waals surface area contributed by atoms with Gasteiger partial charge in [0.2, 0.25) is 0 Å². The van der Waals surface area contributed by atoms with Crippen LogP contribution in [0.1, 0.15) is 142 Å². The summed E-state index contributed by atoms with van der Waals surface area (Å²) in [4.78, 5) is 5.34. The molecule has 8 aromatic rings. The number of anilines is 6. The van der Waals surface area contributed by atoms with Crippen LogP contribution in [0.5, 0.6) is 0 Å². The Bertz CT molecular complexity index is 3340. The molecule has 68 heavy (non-hydrogen) atoms. The molecule has 7 aromatic carbocycles. The number of nitrogens with zero attached hydrogens (tertiary/aromatic N) is 3. The largest absolute Gasteiger partial charge is 0.311 e. The highest BCUT2D eigenvalue weighted by molar-refractivity contribution is 7.00. The zero-order valence-corrected chi connectivity index (χ0v) is 43.5. The van der Waals surface area contributed by atoms with Crippen LogP contribution in [0.4, 0.5) is 34.1 Å². The first-order chi connectivity index (χ1) is 31.9. The first-order valence-electron chi connectivity index (χ1n) is 25.3. The van der Waals surface area contributed by atoms with E-state index in [4.69, 9.17) is 0 Å². The first-order valence-corrected chi connectivity index (χ1v) is 25.3. The maximum absolute atomic E-state index is 2.69. The number of rotatable bonds is 3. The van der Waals surface area contributed by atoms with Crippen molar-refractivity contribution in [3.05, 3.63) is 166 Å². The minimum atomic E-state index is -0.119. The molecule has 0 saturated carbocycles.